The summed E-state index contributed by atoms with van der Waals surface area (Å²) in [5.41, 5.74) is 5.37. The molecule has 0 aliphatic heterocycles. The number of ether oxygens (including phenoxy) is 1. The fourth-order valence-electron chi connectivity index (χ4n) is 4.08. The molecule has 0 amide bonds. The SMILES string of the molecule is CCCCCCCCCCCCCCCCCCCCCC(=O)OCCCN.CN(C)CCCO.Cl. The number of hydrogen-bond acceptors (Lipinski definition) is 5. The van der Waals surface area contributed by atoms with Crippen molar-refractivity contribution in [1.29, 1.82) is 0 Å². The summed E-state index contributed by atoms with van der Waals surface area (Å²) in [6, 6.07) is 0. The largest absolute Gasteiger partial charge is 0.466 e. The molecule has 0 heterocycles. The van der Waals surface area contributed by atoms with E-state index in [0.717, 1.165) is 32.2 Å². The highest BCUT2D eigenvalue weighted by Crippen LogP contribution is 2.14. The average molecular weight is 537 g/mol. The number of carbonyl (C=O) groups is 1. The first-order valence-corrected chi connectivity index (χ1v) is 15.2. The van der Waals surface area contributed by atoms with Gasteiger partial charge in [-0.2, -0.15) is 0 Å². The van der Waals surface area contributed by atoms with Crippen LogP contribution in [-0.4, -0.2) is 56.4 Å². The molecule has 0 aromatic carbocycles. The zero-order valence-electron chi connectivity index (χ0n) is 24.6. The van der Waals surface area contributed by atoms with Gasteiger partial charge in [0.05, 0.1) is 6.61 Å². The Morgan fingerprint density at radius 2 is 1.06 bits per heavy atom. The molecule has 0 saturated carbocycles. The number of nitrogens with zero attached hydrogens (tertiary/aromatic N) is 1. The number of aliphatic hydroxyl groups excluding tert-OH is 1. The minimum atomic E-state index is -0.0552. The standard InChI is InChI=1S/C25H51NO2.C5H13NO.ClH/c1-2-3-4-5-6-7-8-9-10-11-12-13-14-15-16-17-18-19-20-22-25(27)28-24-21-23-26;1-6(2)4-3-5-7;/h2-24,26H2,1H3;7H,3-5H2,1-2H3;1H. The first kappa shape index (κ1) is 40.1. The van der Waals surface area contributed by atoms with E-state index in [0.29, 0.717) is 26.2 Å². The Kier molecular flexibility index (Phi) is 41.0. The smallest absolute Gasteiger partial charge is 0.305 e. The fourth-order valence-corrected chi connectivity index (χ4v) is 4.08. The van der Waals surface area contributed by atoms with Gasteiger partial charge < -0.3 is 20.5 Å². The van der Waals surface area contributed by atoms with Crippen molar-refractivity contribution in [3.05, 3.63) is 0 Å². The molecule has 0 fully saturated rings. The van der Waals surface area contributed by atoms with Gasteiger partial charge in [-0.3, -0.25) is 4.79 Å². The molecule has 36 heavy (non-hydrogen) atoms. The van der Waals surface area contributed by atoms with Crippen LogP contribution in [0.4, 0.5) is 0 Å². The van der Waals surface area contributed by atoms with Crippen LogP contribution in [0.25, 0.3) is 0 Å². The third-order valence-corrected chi connectivity index (χ3v) is 6.36. The van der Waals surface area contributed by atoms with Gasteiger partial charge in [0.2, 0.25) is 0 Å². The van der Waals surface area contributed by atoms with E-state index >= 15 is 0 Å². The van der Waals surface area contributed by atoms with Crippen molar-refractivity contribution in [1.82, 2.24) is 4.90 Å². The Morgan fingerprint density at radius 1 is 0.667 bits per heavy atom. The first-order chi connectivity index (χ1) is 17.1. The van der Waals surface area contributed by atoms with Gasteiger partial charge in [0.1, 0.15) is 0 Å². The Hall–Kier alpha value is -0.360. The number of rotatable bonds is 26. The number of carbonyl (C=O) groups excluding carboxylic acids is 1. The lowest BCUT2D eigenvalue weighted by Crippen LogP contribution is -2.13. The maximum absolute atomic E-state index is 11.4. The summed E-state index contributed by atoms with van der Waals surface area (Å²) in [6.45, 7) is 4.64. The molecule has 0 spiro atoms. The third kappa shape index (κ3) is 40.8. The molecule has 3 N–H and O–H groups in total. The fraction of sp³-hybridized carbons (Fsp3) is 0.967. The van der Waals surface area contributed by atoms with Crippen LogP contribution >= 0.6 is 12.4 Å². The summed E-state index contributed by atoms with van der Waals surface area (Å²) >= 11 is 0. The van der Waals surface area contributed by atoms with Crippen molar-refractivity contribution >= 4 is 18.4 Å². The minimum Gasteiger partial charge on any atom is -0.466 e. The van der Waals surface area contributed by atoms with Gasteiger partial charge in [-0.25, -0.2) is 0 Å². The normalized spacial score (nSPS) is 10.6. The second-order valence-electron chi connectivity index (χ2n) is 10.4. The highest BCUT2D eigenvalue weighted by molar-refractivity contribution is 5.85. The van der Waals surface area contributed by atoms with Gasteiger partial charge in [-0.15, -0.1) is 12.4 Å². The number of aliphatic hydroxyl groups is 1. The van der Waals surface area contributed by atoms with Crippen molar-refractivity contribution in [3.8, 4) is 0 Å². The molecule has 0 unspecified atom stereocenters. The second kappa shape index (κ2) is 36.8. The first-order valence-electron chi connectivity index (χ1n) is 15.2. The molecule has 5 nitrogen and oxygen atoms in total. The zero-order chi connectivity index (χ0) is 26.2. The van der Waals surface area contributed by atoms with Crippen LogP contribution in [0.15, 0.2) is 0 Å². The Labute approximate surface area is 232 Å². The van der Waals surface area contributed by atoms with E-state index in [2.05, 4.69) is 11.8 Å². The van der Waals surface area contributed by atoms with E-state index in [1.165, 1.54) is 109 Å². The lowest BCUT2D eigenvalue weighted by Gasteiger charge is -2.05. The number of unbranched alkanes of at least 4 members (excludes halogenated alkanes) is 18. The van der Waals surface area contributed by atoms with Crippen LogP contribution in [0.2, 0.25) is 0 Å². The lowest BCUT2D eigenvalue weighted by atomic mass is 10.0. The van der Waals surface area contributed by atoms with Crippen molar-refractivity contribution in [2.45, 2.75) is 148 Å². The monoisotopic (exact) mass is 536 g/mol. The maximum Gasteiger partial charge on any atom is 0.305 e. The molecule has 0 aromatic rings. The van der Waals surface area contributed by atoms with Crippen LogP contribution in [0, 0.1) is 0 Å². The van der Waals surface area contributed by atoms with E-state index in [1.54, 1.807) is 0 Å². The molecule has 0 radical (unpaired) electrons. The average Bonchev–Trinajstić information content (AvgIpc) is 2.84. The summed E-state index contributed by atoms with van der Waals surface area (Å²) in [5.74, 6) is -0.0552. The summed E-state index contributed by atoms with van der Waals surface area (Å²) in [6.07, 6.45) is 28.3. The predicted molar refractivity (Wildman–Crippen MR) is 160 cm³/mol. The Morgan fingerprint density at radius 3 is 1.36 bits per heavy atom. The number of halogens is 1. The van der Waals surface area contributed by atoms with Gasteiger partial charge in [0.15, 0.2) is 0 Å². The van der Waals surface area contributed by atoms with E-state index in [4.69, 9.17) is 15.6 Å². The number of nitrogens with two attached hydrogens (primary N) is 1. The Bertz CT molecular complexity index is 398. The molecule has 0 aromatic heterocycles. The molecule has 0 aliphatic rings. The van der Waals surface area contributed by atoms with Gasteiger partial charge in [-0.05, 0) is 46.4 Å². The van der Waals surface area contributed by atoms with Crippen LogP contribution in [0.3, 0.4) is 0 Å². The van der Waals surface area contributed by atoms with Gasteiger partial charge in [-0.1, -0.05) is 122 Å². The van der Waals surface area contributed by atoms with Crippen molar-refractivity contribution in [2.75, 3.05) is 40.4 Å². The molecular weight excluding hydrogens is 472 g/mol. The van der Waals surface area contributed by atoms with Crippen LogP contribution in [0.1, 0.15) is 148 Å². The quantitative estimate of drug-likeness (QED) is 0.0863. The van der Waals surface area contributed by atoms with Crippen molar-refractivity contribution in [3.63, 3.8) is 0 Å². The van der Waals surface area contributed by atoms with E-state index in [9.17, 15) is 4.79 Å². The molecule has 0 saturated heterocycles. The lowest BCUT2D eigenvalue weighted by molar-refractivity contribution is -0.143. The Balaban J connectivity index is -0.00000118. The highest BCUT2D eigenvalue weighted by Gasteiger charge is 2.02. The zero-order valence-corrected chi connectivity index (χ0v) is 25.4. The summed E-state index contributed by atoms with van der Waals surface area (Å²) in [4.78, 5) is 13.5. The van der Waals surface area contributed by atoms with Crippen LogP contribution in [0.5, 0.6) is 0 Å². The van der Waals surface area contributed by atoms with E-state index in [-0.39, 0.29) is 18.4 Å². The van der Waals surface area contributed by atoms with Gasteiger partial charge >= 0.3 is 5.97 Å². The molecule has 0 atom stereocenters. The third-order valence-electron chi connectivity index (χ3n) is 6.36. The second-order valence-corrected chi connectivity index (χ2v) is 10.4. The molecule has 6 heteroatoms. The van der Waals surface area contributed by atoms with E-state index < -0.39 is 0 Å². The molecule has 0 aliphatic carbocycles. The van der Waals surface area contributed by atoms with Crippen molar-refractivity contribution in [2.24, 2.45) is 5.73 Å². The van der Waals surface area contributed by atoms with Crippen molar-refractivity contribution < 1.29 is 14.6 Å². The highest BCUT2D eigenvalue weighted by atomic mass is 35.5. The predicted octanol–water partition coefficient (Wildman–Crippen LogP) is 8.05. The number of esters is 1. The summed E-state index contributed by atoms with van der Waals surface area (Å²) in [5, 5.41) is 8.29. The minimum absolute atomic E-state index is 0. The summed E-state index contributed by atoms with van der Waals surface area (Å²) < 4.78 is 5.10. The topological polar surface area (TPSA) is 75.8 Å². The van der Waals surface area contributed by atoms with Crippen LogP contribution in [-0.2, 0) is 9.53 Å². The summed E-state index contributed by atoms with van der Waals surface area (Å²) in [7, 11) is 3.99. The number of hydrogen-bond donors (Lipinski definition) is 2. The molecule has 220 valence electrons. The molecule has 0 rings (SSSR count). The molecule has 0 bridgehead atoms. The van der Waals surface area contributed by atoms with Crippen LogP contribution < -0.4 is 5.73 Å². The van der Waals surface area contributed by atoms with Gasteiger partial charge in [0.25, 0.3) is 0 Å². The van der Waals surface area contributed by atoms with Gasteiger partial charge in [0, 0.05) is 13.0 Å². The van der Waals surface area contributed by atoms with E-state index in [1.807, 2.05) is 14.1 Å². The maximum atomic E-state index is 11.4. The molecular formula is C30H65ClN2O3.